The summed E-state index contributed by atoms with van der Waals surface area (Å²) in [5.41, 5.74) is 21.0. The molecule has 0 atom stereocenters. The van der Waals surface area contributed by atoms with E-state index in [4.69, 9.17) is 10.7 Å². The fourth-order valence-electron chi connectivity index (χ4n) is 9.91. The van der Waals surface area contributed by atoms with Crippen LogP contribution in [0.5, 0.6) is 0 Å². The van der Waals surface area contributed by atoms with Crippen LogP contribution in [-0.2, 0) is 11.8 Å². The molecule has 0 amide bonds. The molecule has 0 saturated heterocycles. The standard InChI is InChI=1S/C59H44N2/c1-59(2)55-37-43(28-29-52(55)54-30-27-40-15-8-9-19-45(40)57(54)59)44-31-32-50(47-21-11-10-20-46(44)47)51-33-34-53(49-23-13-12-22-48(49)51)56(61-58(60)41-16-4-3-5-17-41)35-25-38-24-26-39-14-6-7-18-42(39)36-38/h3-24,26-37H,25H2,1-2H3,(H2,60,61)/b56-35-. The molecule has 61 heavy (non-hydrogen) atoms. The van der Waals surface area contributed by atoms with E-state index in [1.165, 1.54) is 87.8 Å². The predicted octanol–water partition coefficient (Wildman–Crippen LogP) is 14.9. The summed E-state index contributed by atoms with van der Waals surface area (Å²) in [5, 5.41) is 9.88. The lowest BCUT2D eigenvalue weighted by Crippen LogP contribution is -2.15. The minimum atomic E-state index is -0.128. The van der Waals surface area contributed by atoms with Crippen molar-refractivity contribution >= 4 is 54.6 Å². The molecule has 2 N–H and O–H groups in total. The molecule has 1 aliphatic carbocycles. The van der Waals surface area contributed by atoms with Crippen molar-refractivity contribution in [2.45, 2.75) is 25.7 Å². The third kappa shape index (κ3) is 6.22. The number of fused-ring (bicyclic) bond motifs is 8. The summed E-state index contributed by atoms with van der Waals surface area (Å²) >= 11 is 0. The van der Waals surface area contributed by atoms with Gasteiger partial charge < -0.3 is 5.73 Å². The van der Waals surface area contributed by atoms with Crippen LogP contribution < -0.4 is 5.73 Å². The van der Waals surface area contributed by atoms with Crippen molar-refractivity contribution in [3.05, 3.63) is 234 Å². The summed E-state index contributed by atoms with van der Waals surface area (Å²) in [6.45, 7) is 4.77. The summed E-state index contributed by atoms with van der Waals surface area (Å²) in [7, 11) is 0. The Morgan fingerprint density at radius 1 is 0.475 bits per heavy atom. The zero-order valence-corrected chi connectivity index (χ0v) is 34.4. The second-order valence-corrected chi connectivity index (χ2v) is 16.8. The SMILES string of the molecule is CC1(C)c2cc(-c3ccc(-c4ccc(/C(=C/Cc5ccc6ccccc6c5)N=C(N)c5ccccc5)c5ccccc45)c4ccccc34)ccc2-c2ccc3ccccc3c21. The van der Waals surface area contributed by atoms with E-state index in [0.29, 0.717) is 5.84 Å². The van der Waals surface area contributed by atoms with E-state index in [2.05, 4.69) is 190 Å². The molecular formula is C59H44N2. The average Bonchev–Trinajstić information content (AvgIpc) is 3.55. The molecule has 0 bridgehead atoms. The molecule has 10 aromatic carbocycles. The van der Waals surface area contributed by atoms with Crippen molar-refractivity contribution in [1.82, 2.24) is 0 Å². The number of aliphatic imine (C=N–C) groups is 1. The van der Waals surface area contributed by atoms with Crippen molar-refractivity contribution in [2.24, 2.45) is 10.7 Å². The van der Waals surface area contributed by atoms with Crippen LogP contribution in [0.1, 0.15) is 41.7 Å². The molecule has 0 radical (unpaired) electrons. The monoisotopic (exact) mass is 780 g/mol. The first-order valence-electron chi connectivity index (χ1n) is 21.2. The van der Waals surface area contributed by atoms with E-state index < -0.39 is 0 Å². The summed E-state index contributed by atoms with van der Waals surface area (Å²) < 4.78 is 0. The Hall–Kier alpha value is -7.55. The van der Waals surface area contributed by atoms with Crippen LogP contribution in [0.25, 0.3) is 82.2 Å². The zero-order valence-electron chi connectivity index (χ0n) is 34.4. The third-order valence-corrected chi connectivity index (χ3v) is 12.9. The van der Waals surface area contributed by atoms with Gasteiger partial charge in [0.25, 0.3) is 0 Å². The van der Waals surface area contributed by atoms with Crippen molar-refractivity contribution in [3.8, 4) is 33.4 Å². The fourth-order valence-corrected chi connectivity index (χ4v) is 9.91. The molecule has 0 aliphatic heterocycles. The van der Waals surface area contributed by atoms with Crippen molar-refractivity contribution in [1.29, 1.82) is 0 Å². The van der Waals surface area contributed by atoms with Gasteiger partial charge in [0.05, 0.1) is 5.70 Å². The van der Waals surface area contributed by atoms with Gasteiger partial charge in [-0.1, -0.05) is 214 Å². The van der Waals surface area contributed by atoms with Crippen molar-refractivity contribution in [3.63, 3.8) is 0 Å². The molecule has 11 rings (SSSR count). The van der Waals surface area contributed by atoms with Gasteiger partial charge in [-0.15, -0.1) is 0 Å². The quantitative estimate of drug-likeness (QED) is 0.127. The highest BCUT2D eigenvalue weighted by Crippen LogP contribution is 2.52. The van der Waals surface area contributed by atoms with Gasteiger partial charge in [0.2, 0.25) is 0 Å². The Labute approximate surface area is 357 Å². The van der Waals surface area contributed by atoms with E-state index in [-0.39, 0.29) is 5.41 Å². The number of nitrogens with two attached hydrogens (primary N) is 1. The van der Waals surface area contributed by atoms with Crippen LogP contribution in [0, 0.1) is 0 Å². The highest BCUT2D eigenvalue weighted by atomic mass is 14.9. The maximum atomic E-state index is 6.76. The van der Waals surface area contributed by atoms with Crippen molar-refractivity contribution < 1.29 is 0 Å². The Balaban J connectivity index is 1.02. The second-order valence-electron chi connectivity index (χ2n) is 16.8. The lowest BCUT2D eigenvalue weighted by atomic mass is 9.79. The summed E-state index contributed by atoms with van der Waals surface area (Å²) in [4.78, 5) is 5.16. The maximum absolute atomic E-state index is 6.76. The Morgan fingerprint density at radius 2 is 1.03 bits per heavy atom. The van der Waals surface area contributed by atoms with Crippen LogP contribution in [-0.4, -0.2) is 5.84 Å². The first-order valence-corrected chi connectivity index (χ1v) is 21.2. The highest BCUT2D eigenvalue weighted by Gasteiger charge is 2.37. The molecule has 1 aliphatic rings. The van der Waals surface area contributed by atoms with Crippen molar-refractivity contribution in [2.75, 3.05) is 0 Å². The largest absolute Gasteiger partial charge is 0.383 e. The number of hydrogen-bond acceptors (Lipinski definition) is 1. The van der Waals surface area contributed by atoms with Gasteiger partial charge in [0.1, 0.15) is 5.84 Å². The molecule has 0 unspecified atom stereocenters. The lowest BCUT2D eigenvalue weighted by molar-refractivity contribution is 0.666. The number of amidine groups is 1. The minimum Gasteiger partial charge on any atom is -0.383 e. The van der Waals surface area contributed by atoms with Gasteiger partial charge in [-0.05, 0) is 106 Å². The highest BCUT2D eigenvalue weighted by molar-refractivity contribution is 6.12. The van der Waals surface area contributed by atoms with Crippen LogP contribution in [0.2, 0.25) is 0 Å². The number of benzene rings is 10. The van der Waals surface area contributed by atoms with E-state index in [0.717, 1.165) is 28.6 Å². The van der Waals surface area contributed by atoms with Gasteiger partial charge >= 0.3 is 0 Å². The van der Waals surface area contributed by atoms with E-state index in [9.17, 15) is 0 Å². The summed E-state index contributed by atoms with van der Waals surface area (Å²) in [6, 6.07) is 72.5. The van der Waals surface area contributed by atoms with Crippen LogP contribution >= 0.6 is 0 Å². The first-order chi connectivity index (χ1) is 29.9. The van der Waals surface area contributed by atoms with Gasteiger partial charge in [-0.25, -0.2) is 4.99 Å². The molecule has 0 fully saturated rings. The number of allylic oxidation sites excluding steroid dienone is 1. The topological polar surface area (TPSA) is 38.4 Å². The molecule has 10 aromatic rings. The molecule has 0 aromatic heterocycles. The van der Waals surface area contributed by atoms with Gasteiger partial charge in [0, 0.05) is 16.5 Å². The average molecular weight is 781 g/mol. The first kappa shape index (κ1) is 36.5. The summed E-state index contributed by atoms with van der Waals surface area (Å²) in [5.74, 6) is 0.493. The van der Waals surface area contributed by atoms with Gasteiger partial charge in [-0.3, -0.25) is 0 Å². The fraction of sp³-hybridized carbons (Fsp3) is 0.0678. The Kier molecular flexibility index (Phi) is 8.75. The molecule has 2 nitrogen and oxygen atoms in total. The number of nitrogens with zero attached hydrogens (tertiary/aromatic N) is 1. The Morgan fingerprint density at radius 3 is 1.80 bits per heavy atom. The smallest absolute Gasteiger partial charge is 0.131 e. The number of hydrogen-bond donors (Lipinski definition) is 1. The van der Waals surface area contributed by atoms with Gasteiger partial charge in [0.15, 0.2) is 0 Å². The third-order valence-electron chi connectivity index (χ3n) is 12.9. The van der Waals surface area contributed by atoms with Crippen LogP contribution in [0.15, 0.2) is 211 Å². The molecule has 0 spiro atoms. The molecule has 0 saturated carbocycles. The van der Waals surface area contributed by atoms with Crippen LogP contribution in [0.4, 0.5) is 0 Å². The summed E-state index contributed by atoms with van der Waals surface area (Å²) in [6.07, 6.45) is 2.95. The van der Waals surface area contributed by atoms with E-state index in [1.807, 2.05) is 30.3 Å². The van der Waals surface area contributed by atoms with Gasteiger partial charge in [-0.2, -0.15) is 0 Å². The molecule has 2 heteroatoms. The molecule has 290 valence electrons. The maximum Gasteiger partial charge on any atom is 0.131 e. The lowest BCUT2D eigenvalue weighted by Gasteiger charge is -2.24. The second kappa shape index (κ2) is 14.6. The minimum absolute atomic E-state index is 0.128. The normalized spacial score (nSPS) is 13.5. The van der Waals surface area contributed by atoms with E-state index >= 15 is 0 Å². The van der Waals surface area contributed by atoms with E-state index in [1.54, 1.807) is 0 Å². The number of rotatable bonds is 7. The van der Waals surface area contributed by atoms with Crippen LogP contribution in [0.3, 0.4) is 0 Å². The molecular weight excluding hydrogens is 737 g/mol. The zero-order chi connectivity index (χ0) is 41.1. The molecule has 0 heterocycles. The Bertz CT molecular complexity index is 3420. The predicted molar refractivity (Wildman–Crippen MR) is 260 cm³/mol.